The molecule has 0 radical (unpaired) electrons. The van der Waals surface area contributed by atoms with Crippen molar-refractivity contribution >= 4 is 11.7 Å². The number of ether oxygens (including phenoxy) is 2. The van der Waals surface area contributed by atoms with E-state index in [9.17, 15) is 22.4 Å². The number of esters is 1. The van der Waals surface area contributed by atoms with Crippen molar-refractivity contribution in [1.82, 2.24) is 0 Å². The number of hydrogen-bond acceptors (Lipinski definition) is 4. The summed E-state index contributed by atoms with van der Waals surface area (Å²) in [4.78, 5) is 20.7. The van der Waals surface area contributed by atoms with Crippen LogP contribution >= 0.6 is 0 Å². The van der Waals surface area contributed by atoms with Crippen LogP contribution in [-0.2, 0) is 20.4 Å². The summed E-state index contributed by atoms with van der Waals surface area (Å²) in [5, 5.41) is 0. The number of aliphatic imine (C=N–C) groups is 1. The Morgan fingerprint density at radius 3 is 2.42 bits per heavy atom. The zero-order valence-electron chi connectivity index (χ0n) is 17.9. The standard InChI is InChI=1S/C22H24F4N2O3/c1-12-19(27-5)17(14-8-7-13(23)9-15(14)22(24,25)26)18(16(28-12)10-30-6)20(29)31-11-21(2,3)4/h7-9,17,19H,10-11H2,1-4,6H3. The van der Waals surface area contributed by atoms with Gasteiger partial charge in [0.1, 0.15) is 5.82 Å². The largest absolute Gasteiger partial charge is 0.462 e. The van der Waals surface area contributed by atoms with Crippen LogP contribution in [0.25, 0.3) is 4.85 Å². The Bertz CT molecular complexity index is 953. The maximum atomic E-state index is 13.8. The molecule has 2 unspecified atom stereocenters. The molecule has 0 bridgehead atoms. The number of nitrogens with zero attached hydrogens (tertiary/aromatic N) is 2. The number of halogens is 4. The van der Waals surface area contributed by atoms with Crippen LogP contribution in [0.2, 0.25) is 0 Å². The lowest BCUT2D eigenvalue weighted by molar-refractivity contribution is -0.143. The summed E-state index contributed by atoms with van der Waals surface area (Å²) >= 11 is 0. The number of alkyl halides is 3. The van der Waals surface area contributed by atoms with Crippen molar-refractivity contribution in [2.45, 2.75) is 45.8 Å². The molecule has 1 aromatic carbocycles. The average Bonchev–Trinajstić information content (AvgIpc) is 2.64. The Balaban J connectivity index is 2.75. The van der Waals surface area contributed by atoms with Gasteiger partial charge in [-0.2, -0.15) is 13.2 Å². The molecule has 9 heteroatoms. The van der Waals surface area contributed by atoms with Gasteiger partial charge in [0, 0.05) is 7.11 Å². The van der Waals surface area contributed by atoms with E-state index >= 15 is 0 Å². The van der Waals surface area contributed by atoms with Gasteiger partial charge in [0.25, 0.3) is 6.04 Å². The predicted octanol–water partition coefficient (Wildman–Crippen LogP) is 5.18. The topological polar surface area (TPSA) is 52.2 Å². The third-order valence-electron chi connectivity index (χ3n) is 4.61. The molecule has 168 valence electrons. The van der Waals surface area contributed by atoms with Gasteiger partial charge >= 0.3 is 12.1 Å². The molecule has 1 heterocycles. The predicted molar refractivity (Wildman–Crippen MR) is 107 cm³/mol. The molecule has 2 atom stereocenters. The van der Waals surface area contributed by atoms with Crippen LogP contribution in [0.15, 0.2) is 34.5 Å². The Kier molecular flexibility index (Phi) is 7.27. The highest BCUT2D eigenvalue weighted by Gasteiger charge is 2.47. The minimum absolute atomic E-state index is 0.00322. The van der Waals surface area contributed by atoms with E-state index in [0.717, 1.165) is 12.1 Å². The number of methoxy groups -OCH3 is 1. The quantitative estimate of drug-likeness (QED) is 0.360. The van der Waals surface area contributed by atoms with Crippen LogP contribution in [0.3, 0.4) is 0 Å². The Hall–Kier alpha value is -2.73. The number of rotatable bonds is 5. The van der Waals surface area contributed by atoms with Gasteiger partial charge in [-0.15, -0.1) is 0 Å². The molecule has 0 amide bonds. The van der Waals surface area contributed by atoms with Crippen LogP contribution in [0.4, 0.5) is 17.6 Å². The molecule has 0 N–H and O–H groups in total. The minimum Gasteiger partial charge on any atom is -0.462 e. The second kappa shape index (κ2) is 9.18. The lowest BCUT2D eigenvalue weighted by Gasteiger charge is -2.29. The summed E-state index contributed by atoms with van der Waals surface area (Å²) in [7, 11) is 1.35. The molecule has 1 aliphatic rings. The third-order valence-corrected chi connectivity index (χ3v) is 4.61. The zero-order chi connectivity index (χ0) is 23.6. The van der Waals surface area contributed by atoms with Gasteiger partial charge in [-0.05, 0) is 30.0 Å². The summed E-state index contributed by atoms with van der Waals surface area (Å²) < 4.78 is 65.4. The second-order valence-electron chi connectivity index (χ2n) is 8.46. The maximum absolute atomic E-state index is 13.8. The summed E-state index contributed by atoms with van der Waals surface area (Å²) in [6.07, 6.45) is -4.89. The molecule has 0 aromatic heterocycles. The van der Waals surface area contributed by atoms with E-state index in [0.29, 0.717) is 6.07 Å². The summed E-state index contributed by atoms with van der Waals surface area (Å²) in [5.41, 5.74) is -1.90. The Morgan fingerprint density at radius 1 is 1.26 bits per heavy atom. The highest BCUT2D eigenvalue weighted by molar-refractivity contribution is 6.00. The van der Waals surface area contributed by atoms with Gasteiger partial charge in [-0.25, -0.2) is 15.8 Å². The Morgan fingerprint density at radius 2 is 1.90 bits per heavy atom. The normalized spacial score (nSPS) is 19.7. The van der Waals surface area contributed by atoms with Crippen LogP contribution in [0, 0.1) is 17.8 Å². The molecule has 0 fully saturated rings. The molecule has 0 saturated heterocycles. The first-order chi connectivity index (χ1) is 14.3. The van der Waals surface area contributed by atoms with Crippen molar-refractivity contribution in [3.8, 4) is 0 Å². The van der Waals surface area contributed by atoms with E-state index in [1.54, 1.807) is 0 Å². The molecule has 31 heavy (non-hydrogen) atoms. The number of carbonyl (C=O) groups is 1. The van der Waals surface area contributed by atoms with Crippen LogP contribution < -0.4 is 0 Å². The van der Waals surface area contributed by atoms with Crippen LogP contribution in [-0.4, -0.2) is 38.0 Å². The summed E-state index contributed by atoms with van der Waals surface area (Å²) in [6, 6.07) is 1.01. The summed E-state index contributed by atoms with van der Waals surface area (Å²) in [6.45, 7) is 14.4. The molecular formula is C22H24F4N2O3. The van der Waals surface area contributed by atoms with E-state index < -0.39 is 40.9 Å². The molecule has 0 saturated carbocycles. The van der Waals surface area contributed by atoms with Gasteiger partial charge in [0.05, 0.1) is 41.7 Å². The fourth-order valence-corrected chi connectivity index (χ4v) is 3.31. The third kappa shape index (κ3) is 5.70. The average molecular weight is 440 g/mol. The highest BCUT2D eigenvalue weighted by Crippen LogP contribution is 2.43. The lowest BCUT2D eigenvalue weighted by Crippen LogP contribution is -2.35. The molecule has 2 rings (SSSR count). The van der Waals surface area contributed by atoms with Gasteiger partial charge in [0.15, 0.2) is 0 Å². The fraction of sp³-hybridized carbons (Fsp3) is 0.500. The fourth-order valence-electron chi connectivity index (χ4n) is 3.31. The smallest absolute Gasteiger partial charge is 0.416 e. The number of carbonyl (C=O) groups excluding carboxylic acids is 1. The van der Waals surface area contributed by atoms with Crippen molar-refractivity contribution in [2.75, 3.05) is 20.3 Å². The minimum atomic E-state index is -4.89. The van der Waals surface area contributed by atoms with E-state index in [1.807, 2.05) is 20.8 Å². The molecule has 1 aliphatic heterocycles. The van der Waals surface area contributed by atoms with Gasteiger partial charge in [0.2, 0.25) is 0 Å². The first-order valence-corrected chi connectivity index (χ1v) is 9.47. The van der Waals surface area contributed by atoms with Crippen LogP contribution in [0.1, 0.15) is 44.7 Å². The zero-order valence-corrected chi connectivity index (χ0v) is 17.9. The van der Waals surface area contributed by atoms with Crippen LogP contribution in [0.5, 0.6) is 0 Å². The van der Waals surface area contributed by atoms with Crippen molar-refractivity contribution in [3.63, 3.8) is 0 Å². The molecule has 5 nitrogen and oxygen atoms in total. The van der Waals surface area contributed by atoms with Crippen molar-refractivity contribution in [3.05, 3.63) is 57.8 Å². The Labute approximate surface area is 178 Å². The van der Waals surface area contributed by atoms with E-state index in [2.05, 4.69) is 9.84 Å². The second-order valence-corrected chi connectivity index (χ2v) is 8.46. The van der Waals surface area contributed by atoms with E-state index in [1.165, 1.54) is 14.0 Å². The molecule has 0 spiro atoms. The highest BCUT2D eigenvalue weighted by atomic mass is 19.4. The SMILES string of the molecule is [C-]#[N+]C1C(C)=NC(COC)=C(C(=O)OCC(C)(C)C)C1c1ccc(F)cc1C(F)(F)F. The molecular weight excluding hydrogens is 416 g/mol. The number of hydrogen-bond donors (Lipinski definition) is 0. The van der Waals surface area contributed by atoms with Crippen molar-refractivity contribution < 1.29 is 31.8 Å². The van der Waals surface area contributed by atoms with Crippen molar-refractivity contribution in [2.24, 2.45) is 10.4 Å². The van der Waals surface area contributed by atoms with E-state index in [-0.39, 0.29) is 35.8 Å². The number of benzene rings is 1. The molecule has 0 aliphatic carbocycles. The summed E-state index contributed by atoms with van der Waals surface area (Å²) in [5.74, 6) is -3.30. The van der Waals surface area contributed by atoms with Gasteiger partial charge in [-0.1, -0.05) is 26.8 Å². The lowest BCUT2D eigenvalue weighted by atomic mass is 9.78. The van der Waals surface area contributed by atoms with Gasteiger partial charge in [-0.3, -0.25) is 4.99 Å². The van der Waals surface area contributed by atoms with Gasteiger partial charge < -0.3 is 14.3 Å². The molecule has 1 aromatic rings. The first-order valence-electron chi connectivity index (χ1n) is 9.47. The van der Waals surface area contributed by atoms with E-state index in [4.69, 9.17) is 16.0 Å². The maximum Gasteiger partial charge on any atom is 0.416 e. The van der Waals surface area contributed by atoms with Crippen molar-refractivity contribution in [1.29, 1.82) is 0 Å². The monoisotopic (exact) mass is 440 g/mol. The first kappa shape index (κ1) is 24.5.